The fraction of sp³-hybridized carbons (Fsp3) is 0.591. The molecule has 28 heavy (non-hydrogen) atoms. The number of carbonyl (C=O) groups excluding carboxylic acids is 3. The zero-order chi connectivity index (χ0) is 19.6. The molecule has 0 radical (unpaired) electrons. The average Bonchev–Trinajstić information content (AvgIpc) is 3.42. The van der Waals surface area contributed by atoms with E-state index in [9.17, 15) is 14.4 Å². The van der Waals surface area contributed by atoms with Crippen LogP contribution in [0.4, 0.5) is 4.79 Å². The van der Waals surface area contributed by atoms with Crippen molar-refractivity contribution in [2.75, 3.05) is 13.1 Å². The van der Waals surface area contributed by atoms with Crippen LogP contribution in [-0.2, 0) is 15.0 Å². The van der Waals surface area contributed by atoms with Crippen LogP contribution in [0.5, 0.6) is 0 Å². The number of amides is 4. The maximum absolute atomic E-state index is 12.7. The van der Waals surface area contributed by atoms with Gasteiger partial charge in [-0.25, -0.2) is 4.79 Å². The number of rotatable bonds is 6. The van der Waals surface area contributed by atoms with E-state index in [1.807, 2.05) is 18.2 Å². The molecule has 2 aliphatic carbocycles. The molecule has 0 unspecified atom stereocenters. The van der Waals surface area contributed by atoms with E-state index in [1.54, 1.807) is 0 Å². The highest BCUT2D eigenvalue weighted by atomic mass is 16.2. The fourth-order valence-electron chi connectivity index (χ4n) is 5.18. The lowest BCUT2D eigenvalue weighted by Gasteiger charge is -2.30. The third-order valence-corrected chi connectivity index (χ3v) is 6.84. The first-order chi connectivity index (χ1) is 13.5. The van der Waals surface area contributed by atoms with E-state index in [2.05, 4.69) is 22.8 Å². The van der Waals surface area contributed by atoms with Gasteiger partial charge in [-0.05, 0) is 31.2 Å². The van der Waals surface area contributed by atoms with Crippen LogP contribution < -0.4 is 10.6 Å². The first-order valence-corrected chi connectivity index (χ1v) is 10.5. The van der Waals surface area contributed by atoms with Crippen molar-refractivity contribution in [1.82, 2.24) is 15.5 Å². The second-order valence-electron chi connectivity index (χ2n) is 8.56. The lowest BCUT2D eigenvalue weighted by Crippen LogP contribution is -2.44. The molecule has 6 nitrogen and oxygen atoms in total. The SMILES string of the molecule is O=C(CCN1C(=O)NC2(CCCC2)C1=O)NCC1(c2ccccc2)CCCC1. The largest absolute Gasteiger partial charge is 0.355 e. The zero-order valence-corrected chi connectivity index (χ0v) is 16.3. The van der Waals surface area contributed by atoms with Crippen LogP contribution in [0.15, 0.2) is 30.3 Å². The monoisotopic (exact) mass is 383 g/mol. The first-order valence-electron chi connectivity index (χ1n) is 10.5. The normalized spacial score (nSPS) is 22.6. The molecule has 2 N–H and O–H groups in total. The number of urea groups is 1. The predicted molar refractivity (Wildman–Crippen MR) is 106 cm³/mol. The molecule has 2 saturated carbocycles. The maximum atomic E-state index is 12.7. The van der Waals surface area contributed by atoms with Crippen LogP contribution in [0.25, 0.3) is 0 Å². The molecule has 0 aromatic heterocycles. The Bertz CT molecular complexity index is 750. The van der Waals surface area contributed by atoms with Crippen LogP contribution in [0.3, 0.4) is 0 Å². The number of nitrogens with zero attached hydrogens (tertiary/aromatic N) is 1. The summed E-state index contributed by atoms with van der Waals surface area (Å²) in [6.07, 6.45) is 7.99. The van der Waals surface area contributed by atoms with Crippen molar-refractivity contribution in [2.24, 2.45) is 0 Å². The summed E-state index contributed by atoms with van der Waals surface area (Å²) in [5.74, 6) is -0.255. The standard InChI is InChI=1S/C22H29N3O3/c26-18(10-15-25-19(27)22(24-20(25)28)13-6-7-14-22)23-16-21(11-4-5-12-21)17-8-2-1-3-9-17/h1-3,8-9H,4-7,10-16H2,(H,23,26)(H,24,28). The van der Waals surface area contributed by atoms with Gasteiger partial charge in [-0.2, -0.15) is 0 Å². The topological polar surface area (TPSA) is 78.5 Å². The summed E-state index contributed by atoms with van der Waals surface area (Å²) in [4.78, 5) is 38.6. The summed E-state index contributed by atoms with van der Waals surface area (Å²) in [6, 6.07) is 10.1. The number of benzene rings is 1. The number of imide groups is 1. The fourth-order valence-corrected chi connectivity index (χ4v) is 5.18. The van der Waals surface area contributed by atoms with Crippen LogP contribution in [0, 0.1) is 0 Å². The van der Waals surface area contributed by atoms with Crippen LogP contribution in [0.2, 0.25) is 0 Å². The van der Waals surface area contributed by atoms with Gasteiger partial charge in [0, 0.05) is 24.9 Å². The summed E-state index contributed by atoms with van der Waals surface area (Å²) in [5.41, 5.74) is 0.588. The van der Waals surface area contributed by atoms with Gasteiger partial charge in [0.05, 0.1) is 0 Å². The van der Waals surface area contributed by atoms with E-state index in [0.717, 1.165) is 25.7 Å². The van der Waals surface area contributed by atoms with Crippen molar-refractivity contribution in [1.29, 1.82) is 0 Å². The average molecular weight is 383 g/mol. The minimum absolute atomic E-state index is 0.00562. The molecule has 3 aliphatic rings. The highest BCUT2D eigenvalue weighted by Crippen LogP contribution is 2.40. The Labute approximate surface area is 166 Å². The molecule has 0 atom stereocenters. The van der Waals surface area contributed by atoms with Crippen molar-refractivity contribution in [3.63, 3.8) is 0 Å². The Hall–Kier alpha value is -2.37. The molecular formula is C22H29N3O3. The van der Waals surface area contributed by atoms with Crippen LogP contribution in [-0.4, -0.2) is 41.4 Å². The molecule has 1 aliphatic heterocycles. The Morgan fingerprint density at radius 2 is 1.64 bits per heavy atom. The summed E-state index contributed by atoms with van der Waals surface area (Å²) >= 11 is 0. The molecule has 0 bridgehead atoms. The molecule has 150 valence electrons. The summed E-state index contributed by atoms with van der Waals surface area (Å²) in [7, 11) is 0. The molecule has 1 spiro atoms. The number of nitrogens with one attached hydrogen (secondary N) is 2. The lowest BCUT2D eigenvalue weighted by atomic mass is 9.79. The van der Waals surface area contributed by atoms with Gasteiger partial charge < -0.3 is 10.6 Å². The highest BCUT2D eigenvalue weighted by Gasteiger charge is 2.52. The first kappa shape index (κ1) is 19.0. The third kappa shape index (κ3) is 3.40. The molecular weight excluding hydrogens is 354 g/mol. The smallest absolute Gasteiger partial charge is 0.325 e. The quantitative estimate of drug-likeness (QED) is 0.742. The van der Waals surface area contributed by atoms with Gasteiger partial charge in [0.1, 0.15) is 5.54 Å². The van der Waals surface area contributed by atoms with Crippen LogP contribution >= 0.6 is 0 Å². The zero-order valence-electron chi connectivity index (χ0n) is 16.3. The highest BCUT2D eigenvalue weighted by molar-refractivity contribution is 6.07. The minimum Gasteiger partial charge on any atom is -0.355 e. The molecule has 3 fully saturated rings. The Balaban J connectivity index is 1.32. The molecule has 1 aromatic rings. The van der Waals surface area contributed by atoms with E-state index in [4.69, 9.17) is 0 Å². The van der Waals surface area contributed by atoms with Gasteiger partial charge in [-0.15, -0.1) is 0 Å². The second-order valence-corrected chi connectivity index (χ2v) is 8.56. The molecule has 1 saturated heterocycles. The van der Waals surface area contributed by atoms with Gasteiger partial charge in [-0.1, -0.05) is 56.0 Å². The molecule has 1 aromatic carbocycles. The Morgan fingerprint density at radius 3 is 2.32 bits per heavy atom. The van der Waals surface area contributed by atoms with Gasteiger partial charge in [0.25, 0.3) is 5.91 Å². The van der Waals surface area contributed by atoms with Crippen molar-refractivity contribution >= 4 is 17.8 Å². The minimum atomic E-state index is -0.700. The Kier molecular flexibility index (Phi) is 5.13. The van der Waals surface area contributed by atoms with Crippen molar-refractivity contribution in [3.8, 4) is 0 Å². The molecule has 4 rings (SSSR count). The van der Waals surface area contributed by atoms with Gasteiger partial charge in [0.2, 0.25) is 5.91 Å². The maximum Gasteiger partial charge on any atom is 0.325 e. The summed E-state index contributed by atoms with van der Waals surface area (Å²) in [5, 5.41) is 5.93. The van der Waals surface area contributed by atoms with Gasteiger partial charge in [-0.3, -0.25) is 14.5 Å². The number of hydrogen-bond acceptors (Lipinski definition) is 3. The number of carbonyl (C=O) groups is 3. The predicted octanol–water partition coefficient (Wildman–Crippen LogP) is 2.87. The van der Waals surface area contributed by atoms with Crippen molar-refractivity contribution in [3.05, 3.63) is 35.9 Å². The van der Waals surface area contributed by atoms with Gasteiger partial charge in [0.15, 0.2) is 0 Å². The molecule has 1 heterocycles. The van der Waals surface area contributed by atoms with Crippen molar-refractivity contribution in [2.45, 2.75) is 68.7 Å². The lowest BCUT2D eigenvalue weighted by molar-refractivity contribution is -0.131. The van der Waals surface area contributed by atoms with Crippen LogP contribution in [0.1, 0.15) is 63.4 Å². The summed E-state index contributed by atoms with van der Waals surface area (Å²) in [6.45, 7) is 0.760. The van der Waals surface area contributed by atoms with E-state index in [-0.39, 0.29) is 36.2 Å². The number of hydrogen-bond donors (Lipinski definition) is 2. The summed E-state index contributed by atoms with van der Waals surface area (Å²) < 4.78 is 0. The van der Waals surface area contributed by atoms with E-state index in [1.165, 1.54) is 23.3 Å². The molecule has 6 heteroatoms. The third-order valence-electron chi connectivity index (χ3n) is 6.84. The van der Waals surface area contributed by atoms with E-state index < -0.39 is 5.54 Å². The second kappa shape index (κ2) is 7.57. The van der Waals surface area contributed by atoms with E-state index >= 15 is 0 Å². The molecule has 4 amide bonds. The van der Waals surface area contributed by atoms with Gasteiger partial charge >= 0.3 is 6.03 Å². The van der Waals surface area contributed by atoms with E-state index in [0.29, 0.717) is 19.4 Å². The van der Waals surface area contributed by atoms with Crippen molar-refractivity contribution < 1.29 is 14.4 Å². The Morgan fingerprint density at radius 1 is 1.00 bits per heavy atom.